The lowest BCUT2D eigenvalue weighted by Crippen LogP contribution is -2.36. The number of rotatable bonds is 12. The zero-order valence-corrected chi connectivity index (χ0v) is 26.7. The first kappa shape index (κ1) is 32.7. The van der Waals surface area contributed by atoms with Gasteiger partial charge in [-0.2, -0.15) is 0 Å². The highest BCUT2D eigenvalue weighted by molar-refractivity contribution is 7.89. The molecule has 1 aliphatic rings. The van der Waals surface area contributed by atoms with Crippen LogP contribution in [0.5, 0.6) is 5.75 Å². The van der Waals surface area contributed by atoms with Crippen LogP contribution >= 0.6 is 11.6 Å². The lowest BCUT2D eigenvalue weighted by molar-refractivity contribution is -0.139. The minimum atomic E-state index is -3.76. The normalized spacial score (nSPS) is 20.6. The zero-order valence-electron chi connectivity index (χ0n) is 25.1. The summed E-state index contributed by atoms with van der Waals surface area (Å²) in [7, 11) is -0.812. The van der Waals surface area contributed by atoms with Gasteiger partial charge in [0.05, 0.1) is 17.1 Å². The number of benzene rings is 3. The van der Waals surface area contributed by atoms with Gasteiger partial charge in [-0.15, -0.1) is 0 Å². The second-order valence-electron chi connectivity index (χ2n) is 11.3. The van der Waals surface area contributed by atoms with Gasteiger partial charge in [0.1, 0.15) is 5.75 Å². The van der Waals surface area contributed by atoms with Crippen LogP contribution in [0.3, 0.4) is 0 Å². The molecule has 9 heteroatoms. The first-order valence-electron chi connectivity index (χ1n) is 14.5. The number of ether oxygens (including phenoxy) is 2. The van der Waals surface area contributed by atoms with Crippen LogP contribution in [0.15, 0.2) is 83.8 Å². The van der Waals surface area contributed by atoms with E-state index in [4.69, 9.17) is 21.1 Å². The van der Waals surface area contributed by atoms with Gasteiger partial charge in [-0.1, -0.05) is 79.9 Å². The Hall–Kier alpha value is -3.17. The number of hydrogen-bond donors (Lipinski definition) is 1. The van der Waals surface area contributed by atoms with Gasteiger partial charge in [0.25, 0.3) is 0 Å². The molecule has 0 aliphatic carbocycles. The highest BCUT2D eigenvalue weighted by Gasteiger charge is 2.41. The van der Waals surface area contributed by atoms with E-state index >= 15 is 0 Å². The van der Waals surface area contributed by atoms with Crippen LogP contribution in [0.25, 0.3) is 11.1 Å². The van der Waals surface area contributed by atoms with Crippen LogP contribution in [-0.4, -0.2) is 50.6 Å². The molecule has 0 bridgehead atoms. The molecule has 1 fully saturated rings. The van der Waals surface area contributed by atoms with E-state index in [0.717, 1.165) is 52.3 Å². The van der Waals surface area contributed by atoms with Gasteiger partial charge in [0.2, 0.25) is 10.0 Å². The van der Waals surface area contributed by atoms with E-state index in [1.54, 1.807) is 6.07 Å². The van der Waals surface area contributed by atoms with Crippen molar-refractivity contribution in [2.75, 3.05) is 20.7 Å². The highest BCUT2D eigenvalue weighted by Crippen LogP contribution is 2.49. The molecule has 1 saturated heterocycles. The second kappa shape index (κ2) is 14.1. The van der Waals surface area contributed by atoms with Crippen molar-refractivity contribution in [1.82, 2.24) is 4.31 Å². The lowest BCUT2D eigenvalue weighted by atomic mass is 9.74. The molecule has 3 aromatic rings. The fourth-order valence-electron chi connectivity index (χ4n) is 5.66. The Bertz CT molecular complexity index is 1540. The van der Waals surface area contributed by atoms with Gasteiger partial charge in [-0.25, -0.2) is 17.5 Å². The first-order chi connectivity index (χ1) is 20.4. The summed E-state index contributed by atoms with van der Waals surface area (Å²) in [4.78, 5) is 11.5. The molecule has 4 rings (SSSR count). The Kier molecular flexibility index (Phi) is 10.7. The highest BCUT2D eigenvalue weighted by atomic mass is 35.5. The number of hydrogen-bond acceptors (Lipinski definition) is 5. The Balaban J connectivity index is 1.74. The minimum Gasteiger partial charge on any atom is -0.482 e. The molecular formula is C34H40ClNO6S. The van der Waals surface area contributed by atoms with Crippen LogP contribution in [-0.2, 0) is 19.6 Å². The molecule has 1 heterocycles. The number of halogens is 1. The SMILES string of the molecule is C=C(C)[C@@H]1C[C@@H](c2ccc(-c3ccc(Cl)cc3)cc2)[C@@H](CCCC)O[C@H]1c1cc(S(=O)(=O)N(C)C)ccc1OCC(=O)O. The number of carboxylic acid groups (broad SMARTS) is 1. The lowest BCUT2D eigenvalue weighted by Gasteiger charge is -2.43. The fourth-order valence-corrected chi connectivity index (χ4v) is 6.72. The number of unbranched alkanes of at least 4 members (excludes halogenated alkanes) is 1. The van der Waals surface area contributed by atoms with E-state index in [0.29, 0.717) is 10.6 Å². The summed E-state index contributed by atoms with van der Waals surface area (Å²) < 4.78 is 39.9. The zero-order chi connectivity index (χ0) is 31.3. The minimum absolute atomic E-state index is 0.0841. The Morgan fingerprint density at radius 3 is 2.26 bits per heavy atom. The maximum atomic E-state index is 13.1. The second-order valence-corrected chi connectivity index (χ2v) is 13.9. The fraction of sp³-hybridized carbons (Fsp3) is 0.382. The predicted molar refractivity (Wildman–Crippen MR) is 170 cm³/mol. The van der Waals surface area contributed by atoms with Crippen LogP contribution in [0.1, 0.15) is 62.7 Å². The quantitative estimate of drug-likeness (QED) is 0.207. The van der Waals surface area contributed by atoms with Gasteiger partial charge >= 0.3 is 5.97 Å². The number of carboxylic acids is 1. The summed E-state index contributed by atoms with van der Waals surface area (Å²) in [6.45, 7) is 7.82. The third-order valence-electron chi connectivity index (χ3n) is 8.05. The number of aliphatic carboxylic acids is 1. The van der Waals surface area contributed by atoms with Crippen molar-refractivity contribution in [3.05, 3.63) is 95.0 Å². The maximum Gasteiger partial charge on any atom is 0.341 e. The topological polar surface area (TPSA) is 93.1 Å². The van der Waals surface area contributed by atoms with Crippen molar-refractivity contribution in [2.24, 2.45) is 5.92 Å². The van der Waals surface area contributed by atoms with Crippen molar-refractivity contribution in [1.29, 1.82) is 0 Å². The summed E-state index contributed by atoms with van der Waals surface area (Å²) in [5.74, 6) is -0.916. The largest absolute Gasteiger partial charge is 0.482 e. The molecule has 230 valence electrons. The molecule has 7 nitrogen and oxygen atoms in total. The van der Waals surface area contributed by atoms with Crippen molar-refractivity contribution in [2.45, 2.75) is 62.6 Å². The molecule has 0 radical (unpaired) electrons. The Labute approximate surface area is 260 Å². The maximum absolute atomic E-state index is 13.1. The van der Waals surface area contributed by atoms with E-state index in [9.17, 15) is 18.3 Å². The number of carbonyl (C=O) groups is 1. The third kappa shape index (κ3) is 7.68. The summed E-state index contributed by atoms with van der Waals surface area (Å²) in [6, 6.07) is 20.8. The Morgan fingerprint density at radius 2 is 1.70 bits per heavy atom. The van der Waals surface area contributed by atoms with Crippen LogP contribution in [0, 0.1) is 5.92 Å². The van der Waals surface area contributed by atoms with Crippen LogP contribution < -0.4 is 4.74 Å². The summed E-state index contributed by atoms with van der Waals surface area (Å²) in [5, 5.41) is 9.99. The van der Waals surface area contributed by atoms with Crippen molar-refractivity contribution in [3.63, 3.8) is 0 Å². The molecule has 43 heavy (non-hydrogen) atoms. The van der Waals surface area contributed by atoms with Crippen LogP contribution in [0.4, 0.5) is 0 Å². The first-order valence-corrected chi connectivity index (χ1v) is 16.3. The molecule has 4 atom stereocenters. The molecule has 3 aromatic carbocycles. The number of sulfonamides is 1. The summed E-state index contributed by atoms with van der Waals surface area (Å²) in [5.41, 5.74) is 4.74. The van der Waals surface area contributed by atoms with Crippen LogP contribution in [0.2, 0.25) is 5.02 Å². The molecular weight excluding hydrogens is 586 g/mol. The van der Waals surface area contributed by atoms with Gasteiger partial charge in [0.15, 0.2) is 6.61 Å². The van der Waals surface area contributed by atoms with E-state index in [-0.39, 0.29) is 28.6 Å². The van der Waals surface area contributed by atoms with Gasteiger partial charge in [-0.3, -0.25) is 0 Å². The molecule has 0 unspecified atom stereocenters. The van der Waals surface area contributed by atoms with Gasteiger partial charge in [-0.05, 0) is 66.8 Å². The third-order valence-corrected chi connectivity index (χ3v) is 10.1. The van der Waals surface area contributed by atoms with Gasteiger partial charge < -0.3 is 14.6 Å². The van der Waals surface area contributed by atoms with E-state index in [2.05, 4.69) is 37.8 Å². The average Bonchev–Trinajstić information content (AvgIpc) is 2.98. The Morgan fingerprint density at radius 1 is 1.07 bits per heavy atom. The monoisotopic (exact) mass is 625 g/mol. The van der Waals surface area contributed by atoms with E-state index in [1.807, 2.05) is 31.2 Å². The smallest absolute Gasteiger partial charge is 0.341 e. The van der Waals surface area contributed by atoms with E-state index < -0.39 is 28.7 Å². The summed E-state index contributed by atoms with van der Waals surface area (Å²) in [6.07, 6.45) is 2.80. The standard InChI is InChI=1S/C34H40ClNO6S/c1-6-7-8-32-29(25-11-9-23(10-12-25)24-13-15-26(35)16-14-24)20-28(22(2)3)34(42-32)30-19-27(43(39,40)36(4)5)17-18-31(30)41-21-33(37)38/h9-19,28-29,32,34H,2,6-8,20-21H2,1,3-5H3,(H,37,38)/t28-,29-,32+,34+/m0/s1. The van der Waals surface area contributed by atoms with Crippen molar-refractivity contribution < 1.29 is 27.8 Å². The van der Waals surface area contributed by atoms with Gasteiger partial charge in [0, 0.05) is 36.5 Å². The van der Waals surface area contributed by atoms with E-state index in [1.165, 1.54) is 26.2 Å². The molecule has 1 aliphatic heterocycles. The molecule has 0 aromatic heterocycles. The molecule has 1 N–H and O–H groups in total. The average molecular weight is 626 g/mol. The number of nitrogens with zero attached hydrogens (tertiary/aromatic N) is 1. The predicted octanol–water partition coefficient (Wildman–Crippen LogP) is 7.72. The van der Waals surface area contributed by atoms with Crippen molar-refractivity contribution in [3.8, 4) is 16.9 Å². The summed E-state index contributed by atoms with van der Waals surface area (Å²) >= 11 is 6.08. The molecule has 0 spiro atoms. The van der Waals surface area contributed by atoms with Crippen molar-refractivity contribution >= 4 is 27.6 Å². The molecule has 0 saturated carbocycles. The molecule has 0 amide bonds.